The molecule has 0 aromatic rings. The topological polar surface area (TPSA) is 58.6 Å². The van der Waals surface area contributed by atoms with Crippen LogP contribution < -0.4 is 5.32 Å². The zero-order valence-corrected chi connectivity index (χ0v) is 5.18. The Morgan fingerprint density at radius 2 is 2.33 bits per heavy atom. The molecule has 0 heterocycles. The van der Waals surface area contributed by atoms with Crippen molar-refractivity contribution in [2.24, 2.45) is 0 Å². The minimum atomic E-state index is -1.21. The summed E-state index contributed by atoms with van der Waals surface area (Å²) in [7, 11) is 1.69. The Labute approximate surface area is 52.8 Å². The maximum Gasteiger partial charge on any atom is 0.507 e. The van der Waals surface area contributed by atoms with Gasteiger partial charge in [0.25, 0.3) is 0 Å². The lowest BCUT2D eigenvalue weighted by Gasteiger charge is -2.11. The Kier molecular flexibility index (Phi) is 1.32. The lowest BCUT2D eigenvalue weighted by atomic mass is 10.6. The lowest BCUT2D eigenvalue weighted by molar-refractivity contribution is 0.0263. The number of hydrogen-bond donors (Lipinski definition) is 2. The fourth-order valence-electron chi connectivity index (χ4n) is 0.684. The zero-order chi connectivity index (χ0) is 6.91. The molecule has 0 bridgehead atoms. The number of rotatable bonds is 2. The Hall–Kier alpha value is -0.770. The summed E-state index contributed by atoms with van der Waals surface area (Å²) >= 11 is 0. The van der Waals surface area contributed by atoms with E-state index in [1.165, 1.54) is 0 Å². The smallest absolute Gasteiger partial charge is 0.450 e. The standard InChI is InChI=1S/C5H9NO3/c1-6-5(2-3-5)9-4(7)8/h6H,2-3H2,1H3,(H,7,8). The molecule has 0 aliphatic heterocycles. The highest BCUT2D eigenvalue weighted by molar-refractivity contribution is 5.58. The second-order valence-corrected chi connectivity index (χ2v) is 2.11. The lowest BCUT2D eigenvalue weighted by Crippen LogP contribution is -2.32. The van der Waals surface area contributed by atoms with E-state index < -0.39 is 11.9 Å². The Balaban J connectivity index is 2.33. The fraction of sp³-hybridized carbons (Fsp3) is 0.800. The summed E-state index contributed by atoms with van der Waals surface area (Å²) in [6.07, 6.45) is 0.368. The molecular weight excluding hydrogens is 122 g/mol. The van der Waals surface area contributed by atoms with Gasteiger partial charge in [-0.1, -0.05) is 0 Å². The SMILES string of the molecule is CNC1(OC(=O)O)CC1. The Morgan fingerprint density at radius 1 is 1.78 bits per heavy atom. The van der Waals surface area contributed by atoms with Gasteiger partial charge in [0.1, 0.15) is 0 Å². The summed E-state index contributed by atoms with van der Waals surface area (Å²) in [6, 6.07) is 0. The van der Waals surface area contributed by atoms with E-state index >= 15 is 0 Å². The van der Waals surface area contributed by atoms with Gasteiger partial charge >= 0.3 is 6.16 Å². The Morgan fingerprint density at radius 3 is 2.44 bits per heavy atom. The van der Waals surface area contributed by atoms with Gasteiger partial charge in [-0.05, 0) is 7.05 Å². The van der Waals surface area contributed by atoms with Gasteiger partial charge in [-0.3, -0.25) is 5.32 Å². The van der Waals surface area contributed by atoms with Gasteiger partial charge in [-0.25, -0.2) is 4.79 Å². The monoisotopic (exact) mass is 131 g/mol. The summed E-state index contributed by atoms with van der Waals surface area (Å²) in [5.41, 5.74) is -0.536. The van der Waals surface area contributed by atoms with Gasteiger partial charge in [0, 0.05) is 12.8 Å². The Bertz CT molecular complexity index is 130. The van der Waals surface area contributed by atoms with Crippen LogP contribution in [0.25, 0.3) is 0 Å². The quantitative estimate of drug-likeness (QED) is 0.420. The van der Waals surface area contributed by atoms with Crippen LogP contribution in [-0.4, -0.2) is 24.0 Å². The minimum Gasteiger partial charge on any atom is -0.450 e. The third kappa shape index (κ3) is 1.32. The molecule has 0 saturated heterocycles. The van der Waals surface area contributed by atoms with E-state index in [4.69, 9.17) is 5.11 Å². The predicted octanol–water partition coefficient (Wildman–Crippen LogP) is 0.390. The highest BCUT2D eigenvalue weighted by Gasteiger charge is 2.45. The molecule has 2 N–H and O–H groups in total. The van der Waals surface area contributed by atoms with Crippen molar-refractivity contribution in [2.45, 2.75) is 18.6 Å². The molecular formula is C5H9NO3. The van der Waals surface area contributed by atoms with Gasteiger partial charge in [-0.2, -0.15) is 0 Å². The molecule has 1 aliphatic carbocycles. The molecule has 4 heteroatoms. The molecule has 1 rings (SSSR count). The van der Waals surface area contributed by atoms with Crippen LogP contribution in [0.4, 0.5) is 4.79 Å². The summed E-state index contributed by atoms with van der Waals surface area (Å²) in [4.78, 5) is 9.95. The molecule has 0 atom stereocenters. The maximum atomic E-state index is 9.95. The van der Waals surface area contributed by atoms with Crippen LogP contribution in [0.3, 0.4) is 0 Å². The van der Waals surface area contributed by atoms with E-state index in [1.54, 1.807) is 7.05 Å². The first-order chi connectivity index (χ1) is 4.18. The molecule has 0 radical (unpaired) electrons. The molecule has 0 aromatic carbocycles. The van der Waals surface area contributed by atoms with Crippen LogP contribution in [0, 0.1) is 0 Å². The van der Waals surface area contributed by atoms with Crippen LogP contribution in [-0.2, 0) is 4.74 Å². The van der Waals surface area contributed by atoms with Crippen LogP contribution >= 0.6 is 0 Å². The number of ether oxygens (including phenoxy) is 1. The molecule has 52 valence electrons. The first-order valence-electron chi connectivity index (χ1n) is 2.79. The number of carbonyl (C=O) groups is 1. The maximum absolute atomic E-state index is 9.95. The van der Waals surface area contributed by atoms with Crippen molar-refractivity contribution in [3.8, 4) is 0 Å². The molecule has 9 heavy (non-hydrogen) atoms. The molecule has 1 saturated carbocycles. The second-order valence-electron chi connectivity index (χ2n) is 2.11. The van der Waals surface area contributed by atoms with Crippen molar-refractivity contribution in [2.75, 3.05) is 7.05 Å². The summed E-state index contributed by atoms with van der Waals surface area (Å²) in [6.45, 7) is 0. The van der Waals surface area contributed by atoms with E-state index in [0.29, 0.717) is 0 Å². The minimum absolute atomic E-state index is 0.536. The van der Waals surface area contributed by atoms with Gasteiger partial charge in [0.05, 0.1) is 0 Å². The number of carboxylic acid groups (broad SMARTS) is 1. The first-order valence-corrected chi connectivity index (χ1v) is 2.79. The van der Waals surface area contributed by atoms with Crippen molar-refractivity contribution in [3.63, 3.8) is 0 Å². The largest absolute Gasteiger partial charge is 0.507 e. The van der Waals surface area contributed by atoms with Crippen molar-refractivity contribution in [1.29, 1.82) is 0 Å². The highest BCUT2D eigenvalue weighted by Crippen LogP contribution is 2.35. The first kappa shape index (κ1) is 6.35. The van der Waals surface area contributed by atoms with Crippen molar-refractivity contribution in [3.05, 3.63) is 0 Å². The average molecular weight is 131 g/mol. The molecule has 0 spiro atoms. The van der Waals surface area contributed by atoms with E-state index in [-0.39, 0.29) is 0 Å². The number of nitrogens with one attached hydrogen (secondary N) is 1. The van der Waals surface area contributed by atoms with Gasteiger partial charge in [0.2, 0.25) is 0 Å². The summed E-state index contributed by atoms with van der Waals surface area (Å²) < 4.78 is 4.50. The van der Waals surface area contributed by atoms with Crippen LogP contribution in [0.5, 0.6) is 0 Å². The number of hydrogen-bond acceptors (Lipinski definition) is 3. The molecule has 4 nitrogen and oxygen atoms in total. The fourth-order valence-corrected chi connectivity index (χ4v) is 0.684. The van der Waals surface area contributed by atoms with Crippen molar-refractivity contribution >= 4 is 6.16 Å². The molecule has 1 aliphatic rings. The van der Waals surface area contributed by atoms with E-state index in [9.17, 15) is 4.79 Å². The van der Waals surface area contributed by atoms with Gasteiger partial charge in [-0.15, -0.1) is 0 Å². The van der Waals surface area contributed by atoms with Gasteiger partial charge in [0.15, 0.2) is 5.72 Å². The third-order valence-electron chi connectivity index (χ3n) is 1.44. The van der Waals surface area contributed by atoms with Crippen LogP contribution in [0.1, 0.15) is 12.8 Å². The van der Waals surface area contributed by atoms with Crippen molar-refractivity contribution < 1.29 is 14.6 Å². The molecule has 0 aromatic heterocycles. The molecule has 0 amide bonds. The zero-order valence-electron chi connectivity index (χ0n) is 5.18. The third-order valence-corrected chi connectivity index (χ3v) is 1.44. The second kappa shape index (κ2) is 1.88. The van der Waals surface area contributed by atoms with Crippen molar-refractivity contribution in [1.82, 2.24) is 5.32 Å². The summed E-state index contributed by atoms with van der Waals surface area (Å²) in [5.74, 6) is 0. The summed E-state index contributed by atoms with van der Waals surface area (Å²) in [5, 5.41) is 10.9. The highest BCUT2D eigenvalue weighted by atomic mass is 16.7. The van der Waals surface area contributed by atoms with Crippen LogP contribution in [0.15, 0.2) is 0 Å². The van der Waals surface area contributed by atoms with E-state index in [2.05, 4.69) is 10.1 Å². The predicted molar refractivity (Wildman–Crippen MR) is 30.1 cm³/mol. The normalized spacial score (nSPS) is 21.0. The van der Waals surface area contributed by atoms with E-state index in [0.717, 1.165) is 12.8 Å². The molecule has 1 fully saturated rings. The average Bonchev–Trinajstić information content (AvgIpc) is 2.48. The van der Waals surface area contributed by atoms with E-state index in [1.807, 2.05) is 0 Å². The van der Waals surface area contributed by atoms with Crippen LogP contribution in [0.2, 0.25) is 0 Å². The molecule has 0 unspecified atom stereocenters. The van der Waals surface area contributed by atoms with Gasteiger partial charge < -0.3 is 9.84 Å².